The van der Waals surface area contributed by atoms with E-state index in [0.29, 0.717) is 41.5 Å². The van der Waals surface area contributed by atoms with Crippen molar-refractivity contribution in [1.82, 2.24) is 15.2 Å². The van der Waals surface area contributed by atoms with E-state index in [2.05, 4.69) is 10.3 Å². The number of hydrogen-bond donors (Lipinski definition) is 1. The van der Waals surface area contributed by atoms with Gasteiger partial charge < -0.3 is 24.5 Å². The van der Waals surface area contributed by atoms with E-state index in [4.69, 9.17) is 21.1 Å². The Morgan fingerprint density at radius 2 is 1.90 bits per heavy atom. The summed E-state index contributed by atoms with van der Waals surface area (Å²) in [7, 11) is 0. The first-order chi connectivity index (χ1) is 19.3. The maximum absolute atomic E-state index is 15.8. The van der Waals surface area contributed by atoms with Gasteiger partial charge in [-0.1, -0.05) is 51.8 Å². The Morgan fingerprint density at radius 3 is 2.61 bits per heavy atom. The summed E-state index contributed by atoms with van der Waals surface area (Å²) in [4.78, 5) is 44.7. The largest absolute Gasteiger partial charge is 0.472 e. The lowest BCUT2D eigenvalue weighted by Crippen LogP contribution is -2.56. The summed E-state index contributed by atoms with van der Waals surface area (Å²) in [5.74, 6) is -4.38. The Hall–Kier alpha value is -3.01. The number of carbonyl (C=O) groups is 3. The number of nitrogens with zero attached hydrogens (tertiary/aromatic N) is 2. The lowest BCUT2D eigenvalue weighted by molar-refractivity contribution is -0.139. The number of benzene rings is 1. The smallest absolute Gasteiger partial charge is 0.408 e. The Labute approximate surface area is 243 Å². The van der Waals surface area contributed by atoms with E-state index in [9.17, 15) is 14.4 Å². The molecule has 6 atom stereocenters. The number of aromatic nitrogens is 1. The van der Waals surface area contributed by atoms with Crippen LogP contribution in [0.3, 0.4) is 0 Å². The number of halogens is 3. The molecule has 1 aliphatic carbocycles. The second kappa shape index (κ2) is 11.0. The average Bonchev–Trinajstić information content (AvgIpc) is 3.55. The lowest BCUT2D eigenvalue weighted by atomic mass is 9.85. The number of hydrogen-bond acceptors (Lipinski definition) is 6. The highest BCUT2D eigenvalue weighted by molar-refractivity contribution is 6.31. The van der Waals surface area contributed by atoms with Crippen molar-refractivity contribution in [3.8, 4) is 5.88 Å². The van der Waals surface area contributed by atoms with Gasteiger partial charge in [0.2, 0.25) is 11.8 Å². The number of fused-ring (bicyclic) bond motifs is 5. The van der Waals surface area contributed by atoms with Crippen molar-refractivity contribution >= 4 is 40.8 Å². The molecule has 1 aromatic carbocycles. The predicted octanol–water partition coefficient (Wildman–Crippen LogP) is 5.88. The van der Waals surface area contributed by atoms with Crippen LogP contribution in [0.2, 0.25) is 5.02 Å². The second-order valence-electron chi connectivity index (χ2n) is 12.6. The fourth-order valence-corrected chi connectivity index (χ4v) is 6.01. The number of ether oxygens (including phenoxy) is 2. The van der Waals surface area contributed by atoms with Crippen LogP contribution >= 0.6 is 11.6 Å². The van der Waals surface area contributed by atoms with Crippen LogP contribution in [0.1, 0.15) is 65.4 Å². The van der Waals surface area contributed by atoms with Crippen LogP contribution in [0.25, 0.3) is 10.9 Å². The van der Waals surface area contributed by atoms with Gasteiger partial charge in [-0.05, 0) is 48.8 Å². The molecule has 0 spiro atoms. The van der Waals surface area contributed by atoms with Gasteiger partial charge in [0.25, 0.3) is 5.92 Å². The maximum Gasteiger partial charge on any atom is 0.408 e. The summed E-state index contributed by atoms with van der Waals surface area (Å²) >= 11 is 6.16. The molecule has 11 heteroatoms. The summed E-state index contributed by atoms with van der Waals surface area (Å²) in [5.41, 5.74) is -0.639. The summed E-state index contributed by atoms with van der Waals surface area (Å²) in [6.07, 6.45) is 0.571. The first-order valence-corrected chi connectivity index (χ1v) is 14.5. The second-order valence-corrected chi connectivity index (χ2v) is 13.1. The number of alkyl halides is 2. The summed E-state index contributed by atoms with van der Waals surface area (Å²) < 4.78 is 43.3. The topological polar surface area (TPSA) is 97.8 Å². The standard InChI is InChI=1S/C30H36ClF2N3O5/c1-16-22(15-37)36-14-24(16)40-26-20(11-17-8-9-19(31)13-21(17)34-26)30(32,33)10-6-5-7-18-12-23(18)41-28(39)35-25(27(36)38)29(2,3)4/h8-9,11,13,15-16,18,22-25H,5-7,10,12,14H2,1-4H3,(H,35,39)/t16-,18+,22+,23+,24-,25+/m0/s1. The van der Waals surface area contributed by atoms with Gasteiger partial charge in [-0.2, -0.15) is 0 Å². The van der Waals surface area contributed by atoms with Crippen molar-refractivity contribution in [1.29, 1.82) is 0 Å². The Kier molecular flexibility index (Phi) is 7.91. The van der Waals surface area contributed by atoms with Crippen LogP contribution in [-0.2, 0) is 20.2 Å². The Bertz CT molecular complexity index is 1350. The molecule has 1 N–H and O–H groups in total. The fourth-order valence-electron chi connectivity index (χ4n) is 5.84. The van der Waals surface area contributed by atoms with Crippen molar-refractivity contribution in [2.45, 2.75) is 90.0 Å². The van der Waals surface area contributed by atoms with Gasteiger partial charge in [0.15, 0.2) is 0 Å². The van der Waals surface area contributed by atoms with Crippen molar-refractivity contribution in [3.05, 3.63) is 34.9 Å². The maximum atomic E-state index is 15.8. The van der Waals surface area contributed by atoms with Crippen molar-refractivity contribution in [2.24, 2.45) is 17.3 Å². The highest BCUT2D eigenvalue weighted by Crippen LogP contribution is 2.43. The number of rotatable bonds is 1. The zero-order valence-corrected chi connectivity index (χ0v) is 24.4. The number of amides is 2. The first-order valence-electron chi connectivity index (χ1n) is 14.2. The number of aldehydes is 1. The molecule has 222 valence electrons. The molecule has 1 saturated heterocycles. The zero-order valence-electron chi connectivity index (χ0n) is 23.7. The molecule has 0 radical (unpaired) electrons. The van der Waals surface area contributed by atoms with Crippen LogP contribution in [0.15, 0.2) is 24.3 Å². The van der Waals surface area contributed by atoms with Crippen LogP contribution in [0.4, 0.5) is 13.6 Å². The predicted molar refractivity (Wildman–Crippen MR) is 149 cm³/mol. The van der Waals surface area contributed by atoms with Gasteiger partial charge in [0.1, 0.15) is 24.5 Å². The van der Waals surface area contributed by atoms with Crippen LogP contribution in [-0.4, -0.2) is 59.0 Å². The van der Waals surface area contributed by atoms with Gasteiger partial charge >= 0.3 is 6.09 Å². The van der Waals surface area contributed by atoms with Gasteiger partial charge in [0.05, 0.1) is 23.7 Å². The van der Waals surface area contributed by atoms with Crippen molar-refractivity contribution in [3.63, 3.8) is 0 Å². The van der Waals surface area contributed by atoms with Gasteiger partial charge in [-0.25, -0.2) is 18.6 Å². The number of alkyl carbamates (subject to hydrolysis) is 1. The van der Waals surface area contributed by atoms with Crippen LogP contribution in [0.5, 0.6) is 5.88 Å². The normalized spacial score (nSPS) is 30.7. The molecule has 2 amide bonds. The average molecular weight is 592 g/mol. The highest BCUT2D eigenvalue weighted by Gasteiger charge is 2.49. The molecule has 3 aliphatic rings. The van der Waals surface area contributed by atoms with E-state index >= 15 is 8.78 Å². The molecule has 5 rings (SSSR count). The SMILES string of the molecule is C[C@@H]1[C@@H]2CN(C(=O)[C@H](C(C)(C)C)NC(=O)O[C@@H]3C[C@H]3CCCCC(F)(F)c3cc4ccc(Cl)cc4nc3O2)[C@@H]1C=O. The molecular formula is C30H36ClF2N3O5. The van der Waals surface area contributed by atoms with E-state index < -0.39 is 53.9 Å². The summed E-state index contributed by atoms with van der Waals surface area (Å²) in [6.45, 7) is 7.12. The summed E-state index contributed by atoms with van der Waals surface area (Å²) in [6, 6.07) is 4.36. The van der Waals surface area contributed by atoms with E-state index in [0.717, 1.165) is 0 Å². The number of carbonyl (C=O) groups excluding carboxylic acids is 3. The molecule has 1 saturated carbocycles. The van der Waals surface area contributed by atoms with Crippen LogP contribution < -0.4 is 10.1 Å². The third-order valence-corrected chi connectivity index (χ3v) is 8.73. The molecule has 2 aliphatic heterocycles. The molecule has 1 aromatic heterocycles. The molecule has 0 unspecified atom stereocenters. The Morgan fingerprint density at radius 1 is 1.15 bits per heavy atom. The highest BCUT2D eigenvalue weighted by atomic mass is 35.5. The van der Waals surface area contributed by atoms with Crippen molar-refractivity contribution < 1.29 is 32.6 Å². The molecular weight excluding hydrogens is 556 g/mol. The fraction of sp³-hybridized carbons (Fsp3) is 0.600. The third kappa shape index (κ3) is 6.12. The van der Waals surface area contributed by atoms with E-state index in [1.54, 1.807) is 25.1 Å². The van der Waals surface area contributed by atoms with Gasteiger partial charge in [-0.15, -0.1) is 0 Å². The molecule has 2 bridgehead atoms. The molecule has 3 heterocycles. The van der Waals surface area contributed by atoms with Crippen LogP contribution in [0, 0.1) is 17.3 Å². The molecule has 2 aromatic rings. The quantitative estimate of drug-likeness (QED) is 0.416. The van der Waals surface area contributed by atoms with Gasteiger partial charge in [-0.3, -0.25) is 4.79 Å². The number of nitrogens with one attached hydrogen (secondary N) is 1. The van der Waals surface area contributed by atoms with E-state index in [1.165, 1.54) is 11.0 Å². The minimum Gasteiger partial charge on any atom is -0.472 e. The first kappa shape index (κ1) is 29.5. The monoisotopic (exact) mass is 591 g/mol. The number of pyridine rings is 1. The lowest BCUT2D eigenvalue weighted by Gasteiger charge is -2.34. The van der Waals surface area contributed by atoms with E-state index in [1.807, 2.05) is 20.8 Å². The van der Waals surface area contributed by atoms with Crippen molar-refractivity contribution in [2.75, 3.05) is 6.54 Å². The molecule has 2 fully saturated rings. The minimum absolute atomic E-state index is 0.0440. The van der Waals surface area contributed by atoms with E-state index in [-0.39, 0.29) is 36.4 Å². The third-order valence-electron chi connectivity index (χ3n) is 8.49. The molecule has 41 heavy (non-hydrogen) atoms. The summed E-state index contributed by atoms with van der Waals surface area (Å²) in [5, 5.41) is 3.64. The zero-order chi connectivity index (χ0) is 29.7. The van der Waals surface area contributed by atoms with Gasteiger partial charge in [0, 0.05) is 22.7 Å². The molecule has 8 nitrogen and oxygen atoms in total. The minimum atomic E-state index is -3.24. The Balaban J connectivity index is 1.54.